The van der Waals surface area contributed by atoms with Crippen molar-refractivity contribution in [2.75, 3.05) is 10.6 Å². The Morgan fingerprint density at radius 3 is 1.26 bits per heavy atom. The van der Waals surface area contributed by atoms with Gasteiger partial charge in [-0.1, -0.05) is 60.7 Å². The van der Waals surface area contributed by atoms with E-state index in [0.29, 0.717) is 11.5 Å². The Hall–Kier alpha value is -4.74. The summed E-state index contributed by atoms with van der Waals surface area (Å²) in [5, 5.41) is 25.3. The Kier molecular flexibility index (Phi) is 14.0. The maximum atomic E-state index is 12.3. The standard InChI is InChI=1S/C32H24N8O10S2.2Na/c41-29-35-27(37-31(39-29)49-23-7-3-1-4-8-23)33-21-15-13-19(25(17-21)51(43,44)45)11-12-20-14-16-22(18-26(20)52(46,47)48)34-28-36-30(42)40-32(38-28)50-24-9-5-2-6-10-24;;/h1-18H,(H,43,44,45)(H,46,47,48)(H2,33,35,37,39,41)(H2,34,36,38,40,42);;/q;2*+1/p-2. The van der Waals surface area contributed by atoms with Gasteiger partial charge in [-0.25, -0.2) is 16.8 Å². The predicted molar refractivity (Wildman–Crippen MR) is 180 cm³/mol. The molecule has 0 radical (unpaired) electrons. The van der Waals surface area contributed by atoms with E-state index in [1.165, 1.54) is 24.3 Å². The number of nitrogens with one attached hydrogen (secondary N) is 2. The molecule has 6 aromatic rings. The van der Waals surface area contributed by atoms with Gasteiger partial charge in [0.2, 0.25) is 11.9 Å². The topological polar surface area (TPSA) is 275 Å². The summed E-state index contributed by atoms with van der Waals surface area (Å²) in [5.74, 6) is 0.227. The zero-order valence-corrected chi connectivity index (χ0v) is 33.7. The van der Waals surface area contributed by atoms with Crippen LogP contribution in [-0.4, -0.2) is 66.1 Å². The third kappa shape index (κ3) is 11.4. The molecular formula is C32H22N8Na2O10S2. The molecule has 0 saturated carbocycles. The number of anilines is 4. The number of hydrogen-bond donors (Lipinski definition) is 4. The van der Waals surface area contributed by atoms with E-state index in [-0.39, 0.29) is 106 Å². The number of para-hydroxylation sites is 2. The van der Waals surface area contributed by atoms with Gasteiger partial charge in [-0.05, 0) is 59.7 Å². The van der Waals surface area contributed by atoms with Gasteiger partial charge in [-0.2, -0.15) is 19.9 Å². The van der Waals surface area contributed by atoms with Crippen molar-refractivity contribution >= 4 is 55.7 Å². The second-order valence-electron chi connectivity index (χ2n) is 10.3. The van der Waals surface area contributed by atoms with E-state index in [4.69, 9.17) is 9.47 Å². The molecule has 0 fully saturated rings. The third-order valence-corrected chi connectivity index (χ3v) is 8.42. The molecule has 6 rings (SSSR count). The van der Waals surface area contributed by atoms with Crippen molar-refractivity contribution in [3.8, 4) is 35.5 Å². The molecule has 4 N–H and O–H groups in total. The van der Waals surface area contributed by atoms with Crippen LogP contribution in [-0.2, 0) is 20.2 Å². The molecule has 0 unspecified atom stereocenters. The molecule has 2 aromatic heterocycles. The Bertz CT molecular complexity index is 2350. The SMILES string of the molecule is O=S(=O)([O-])c1cc(Nc2nc(O)nc(Oc3ccccc3)n2)ccc1C=Cc1ccc(Nc2nc(O)nc(Oc3ccccc3)n2)cc1S(=O)(=O)[O-].[Na+].[Na+]. The fourth-order valence-corrected chi connectivity index (χ4v) is 5.85. The van der Waals surface area contributed by atoms with Crippen molar-refractivity contribution in [2.24, 2.45) is 0 Å². The average molecular weight is 789 g/mol. The minimum absolute atomic E-state index is 0. The van der Waals surface area contributed by atoms with Crippen LogP contribution >= 0.6 is 0 Å². The van der Waals surface area contributed by atoms with Crippen LogP contribution < -0.4 is 79.2 Å². The number of aromatic nitrogens is 6. The second kappa shape index (κ2) is 18.1. The normalized spacial score (nSPS) is 11.2. The summed E-state index contributed by atoms with van der Waals surface area (Å²) in [5.41, 5.74) is -0.282. The Morgan fingerprint density at radius 1 is 0.537 bits per heavy atom. The summed E-state index contributed by atoms with van der Waals surface area (Å²) < 4.78 is 84.6. The van der Waals surface area contributed by atoms with E-state index >= 15 is 0 Å². The third-order valence-electron chi connectivity index (χ3n) is 6.63. The Labute approximate surface area is 351 Å². The largest absolute Gasteiger partial charge is 1.00 e. The molecule has 0 aliphatic rings. The van der Waals surface area contributed by atoms with Crippen LogP contribution in [0.3, 0.4) is 0 Å². The first-order valence-corrected chi connectivity index (χ1v) is 17.4. The Morgan fingerprint density at radius 2 is 0.907 bits per heavy atom. The van der Waals surface area contributed by atoms with E-state index in [0.717, 1.165) is 24.3 Å². The number of aromatic hydroxyl groups is 2. The number of benzene rings is 4. The summed E-state index contributed by atoms with van der Waals surface area (Å²) in [4.78, 5) is 21.5. The van der Waals surface area contributed by atoms with Crippen molar-refractivity contribution in [3.63, 3.8) is 0 Å². The van der Waals surface area contributed by atoms with Gasteiger partial charge in [0.15, 0.2) is 0 Å². The minimum atomic E-state index is -5.12. The van der Waals surface area contributed by atoms with Gasteiger partial charge in [0.25, 0.3) is 0 Å². The molecular weight excluding hydrogens is 767 g/mol. The molecule has 0 spiro atoms. The van der Waals surface area contributed by atoms with Crippen molar-refractivity contribution in [1.82, 2.24) is 29.9 Å². The smallest absolute Gasteiger partial charge is 0.744 e. The van der Waals surface area contributed by atoms with Gasteiger partial charge < -0.3 is 39.4 Å². The van der Waals surface area contributed by atoms with Gasteiger partial charge in [-0.3, -0.25) is 0 Å². The van der Waals surface area contributed by atoms with Gasteiger partial charge in [0.05, 0.1) is 9.79 Å². The van der Waals surface area contributed by atoms with E-state index in [2.05, 4.69) is 40.5 Å². The van der Waals surface area contributed by atoms with Crippen LogP contribution in [0.25, 0.3) is 12.2 Å². The quantitative estimate of drug-likeness (QED) is 0.0626. The Balaban J connectivity index is 0.00000325. The minimum Gasteiger partial charge on any atom is -0.744 e. The van der Waals surface area contributed by atoms with Gasteiger partial charge in [-0.15, -0.1) is 9.97 Å². The van der Waals surface area contributed by atoms with Crippen LogP contribution in [0, 0.1) is 0 Å². The maximum Gasteiger partial charge on any atom is 1.00 e. The van der Waals surface area contributed by atoms with E-state index in [1.54, 1.807) is 60.7 Å². The molecule has 0 amide bonds. The number of nitrogens with zero attached hydrogens (tertiary/aromatic N) is 6. The molecule has 0 saturated heterocycles. The molecule has 4 aromatic carbocycles. The monoisotopic (exact) mass is 788 g/mol. The molecule has 264 valence electrons. The number of rotatable bonds is 12. The molecule has 18 nitrogen and oxygen atoms in total. The predicted octanol–water partition coefficient (Wildman–Crippen LogP) is -1.47. The molecule has 2 heterocycles. The van der Waals surface area contributed by atoms with Crippen molar-refractivity contribution in [3.05, 3.63) is 108 Å². The molecule has 22 heteroatoms. The maximum absolute atomic E-state index is 12.3. The summed E-state index contributed by atoms with van der Waals surface area (Å²) in [6.07, 6.45) is 2.26. The summed E-state index contributed by atoms with van der Waals surface area (Å²) >= 11 is 0. The van der Waals surface area contributed by atoms with Crippen LogP contribution in [0.4, 0.5) is 23.3 Å². The van der Waals surface area contributed by atoms with E-state index < -0.39 is 42.0 Å². The van der Waals surface area contributed by atoms with Gasteiger partial charge in [0, 0.05) is 11.4 Å². The van der Waals surface area contributed by atoms with Crippen molar-refractivity contribution in [2.45, 2.75) is 9.79 Å². The molecule has 54 heavy (non-hydrogen) atoms. The zero-order chi connectivity index (χ0) is 36.9. The summed E-state index contributed by atoms with van der Waals surface area (Å²) in [6, 6.07) is 21.9. The number of hydrogen-bond acceptors (Lipinski definition) is 18. The summed E-state index contributed by atoms with van der Waals surface area (Å²) in [6.45, 7) is 0. The van der Waals surface area contributed by atoms with Crippen molar-refractivity contribution in [1.29, 1.82) is 0 Å². The van der Waals surface area contributed by atoms with Gasteiger partial charge in [0.1, 0.15) is 31.7 Å². The summed E-state index contributed by atoms with van der Waals surface area (Å²) in [7, 11) is -10.2. The van der Waals surface area contributed by atoms with E-state index in [1.807, 2.05) is 0 Å². The van der Waals surface area contributed by atoms with E-state index in [9.17, 15) is 36.2 Å². The first kappa shape index (κ1) is 42.0. The first-order chi connectivity index (χ1) is 24.8. The van der Waals surface area contributed by atoms with Crippen LogP contribution in [0.1, 0.15) is 11.1 Å². The van der Waals surface area contributed by atoms with Crippen LogP contribution in [0.2, 0.25) is 0 Å². The fourth-order valence-electron chi connectivity index (χ4n) is 4.45. The molecule has 0 atom stereocenters. The van der Waals surface area contributed by atoms with Crippen LogP contribution in [0.15, 0.2) is 107 Å². The fraction of sp³-hybridized carbons (Fsp3) is 0. The first-order valence-electron chi connectivity index (χ1n) is 14.6. The molecule has 0 bridgehead atoms. The molecule has 0 aliphatic heterocycles. The second-order valence-corrected chi connectivity index (χ2v) is 13.0. The average Bonchev–Trinajstić information content (AvgIpc) is 3.07. The zero-order valence-electron chi connectivity index (χ0n) is 28.1. The van der Waals surface area contributed by atoms with Gasteiger partial charge >= 0.3 is 83.2 Å². The van der Waals surface area contributed by atoms with Crippen LogP contribution in [0.5, 0.6) is 35.5 Å². The molecule has 0 aliphatic carbocycles. The number of ether oxygens (including phenoxy) is 2. The van der Waals surface area contributed by atoms with Crippen molar-refractivity contribution < 1.29 is 105 Å².